The van der Waals surface area contributed by atoms with Crippen molar-refractivity contribution in [2.24, 2.45) is 0 Å². The average Bonchev–Trinajstić information content (AvgIpc) is 2.01. The van der Waals surface area contributed by atoms with Crippen LogP contribution in [0.1, 0.15) is 28.0 Å². The first kappa shape index (κ1) is 11.5. The molecular formula is C8H5BrClF2NO. The Kier molecular flexibility index (Phi) is 3.55. The first-order valence-corrected chi connectivity index (χ1v) is 4.75. The van der Waals surface area contributed by atoms with Gasteiger partial charge in [0.05, 0.1) is 5.56 Å². The van der Waals surface area contributed by atoms with Crippen LogP contribution in [-0.2, 0) is 0 Å². The third-order valence-electron chi connectivity index (χ3n) is 1.57. The third kappa shape index (κ3) is 2.27. The van der Waals surface area contributed by atoms with Crippen LogP contribution in [0.2, 0.25) is 0 Å². The summed E-state index contributed by atoms with van der Waals surface area (Å²) in [6, 6.07) is 1.24. The normalized spacial score (nSPS) is 10.7. The summed E-state index contributed by atoms with van der Waals surface area (Å²) < 4.78 is 25.0. The number of carbonyl (C=O) groups is 1. The molecule has 0 aliphatic carbocycles. The standard InChI is InChI=1S/C8H5BrClF2NO/c1-3-2-4(7(10)14)5(8(11)12)6(9)13-3/h2,8H,1H3. The van der Waals surface area contributed by atoms with E-state index in [1.54, 1.807) is 6.92 Å². The van der Waals surface area contributed by atoms with Crippen LogP contribution in [-0.4, -0.2) is 10.2 Å². The highest BCUT2D eigenvalue weighted by molar-refractivity contribution is 9.10. The van der Waals surface area contributed by atoms with Gasteiger partial charge in [-0.25, -0.2) is 13.8 Å². The molecule has 1 rings (SSSR count). The Bertz CT molecular complexity index is 384. The SMILES string of the molecule is Cc1cc(C(=O)Cl)c(C(F)F)c(Br)n1. The smallest absolute Gasteiger partial charge is 0.267 e. The van der Waals surface area contributed by atoms with Gasteiger partial charge in [-0.2, -0.15) is 0 Å². The number of aromatic nitrogens is 1. The quantitative estimate of drug-likeness (QED) is 0.615. The van der Waals surface area contributed by atoms with E-state index in [9.17, 15) is 13.6 Å². The lowest BCUT2D eigenvalue weighted by Crippen LogP contribution is -2.02. The third-order valence-corrected chi connectivity index (χ3v) is 2.38. The van der Waals surface area contributed by atoms with Gasteiger partial charge in [-0.1, -0.05) is 0 Å². The number of carbonyl (C=O) groups excluding carboxylic acids is 1. The van der Waals surface area contributed by atoms with Crippen molar-refractivity contribution in [1.29, 1.82) is 0 Å². The van der Waals surface area contributed by atoms with E-state index in [1.165, 1.54) is 6.07 Å². The molecule has 0 atom stereocenters. The molecule has 0 amide bonds. The Morgan fingerprint density at radius 1 is 1.64 bits per heavy atom. The van der Waals surface area contributed by atoms with Gasteiger partial charge in [0.1, 0.15) is 4.60 Å². The summed E-state index contributed by atoms with van der Waals surface area (Å²) in [5.74, 6) is 0. The molecule has 2 nitrogen and oxygen atoms in total. The maximum absolute atomic E-state index is 12.5. The highest BCUT2D eigenvalue weighted by Crippen LogP contribution is 2.30. The lowest BCUT2D eigenvalue weighted by atomic mass is 10.1. The van der Waals surface area contributed by atoms with Crippen LogP contribution < -0.4 is 0 Å². The van der Waals surface area contributed by atoms with Crippen LogP contribution in [0, 0.1) is 6.92 Å². The van der Waals surface area contributed by atoms with Crippen LogP contribution >= 0.6 is 27.5 Å². The zero-order valence-electron chi connectivity index (χ0n) is 7.02. The molecule has 14 heavy (non-hydrogen) atoms. The highest BCUT2D eigenvalue weighted by Gasteiger charge is 2.21. The predicted molar refractivity (Wildman–Crippen MR) is 51.8 cm³/mol. The first-order chi connectivity index (χ1) is 6.43. The molecule has 0 aliphatic heterocycles. The van der Waals surface area contributed by atoms with Gasteiger partial charge in [-0.3, -0.25) is 4.79 Å². The molecule has 0 spiro atoms. The second kappa shape index (κ2) is 4.31. The van der Waals surface area contributed by atoms with Crippen LogP contribution in [0.25, 0.3) is 0 Å². The van der Waals surface area contributed by atoms with E-state index in [4.69, 9.17) is 11.6 Å². The van der Waals surface area contributed by atoms with Gasteiger partial charge in [0.15, 0.2) is 0 Å². The summed E-state index contributed by atoms with van der Waals surface area (Å²) in [4.78, 5) is 14.6. The maximum atomic E-state index is 12.5. The zero-order chi connectivity index (χ0) is 10.9. The molecule has 1 aromatic heterocycles. The molecule has 0 N–H and O–H groups in total. The maximum Gasteiger partial charge on any atom is 0.267 e. The van der Waals surface area contributed by atoms with E-state index in [0.717, 1.165) is 0 Å². The van der Waals surface area contributed by atoms with E-state index >= 15 is 0 Å². The fourth-order valence-corrected chi connectivity index (χ4v) is 1.84. The van der Waals surface area contributed by atoms with Gasteiger partial charge in [0.25, 0.3) is 11.7 Å². The van der Waals surface area contributed by atoms with Crippen molar-refractivity contribution in [3.63, 3.8) is 0 Å². The van der Waals surface area contributed by atoms with Gasteiger partial charge in [0.2, 0.25) is 0 Å². The molecular weight excluding hydrogens is 279 g/mol. The van der Waals surface area contributed by atoms with Gasteiger partial charge in [-0.15, -0.1) is 0 Å². The lowest BCUT2D eigenvalue weighted by molar-refractivity contribution is 0.106. The van der Waals surface area contributed by atoms with E-state index in [-0.39, 0.29) is 10.2 Å². The van der Waals surface area contributed by atoms with Crippen molar-refractivity contribution in [3.8, 4) is 0 Å². The molecule has 76 valence electrons. The molecule has 0 fully saturated rings. The van der Waals surface area contributed by atoms with Crippen LogP contribution in [0.15, 0.2) is 10.7 Å². The number of aryl methyl sites for hydroxylation is 1. The Labute approximate surface area is 92.4 Å². The van der Waals surface area contributed by atoms with Crippen molar-refractivity contribution in [2.75, 3.05) is 0 Å². The van der Waals surface area contributed by atoms with E-state index in [1.807, 2.05) is 0 Å². The second-order valence-corrected chi connectivity index (χ2v) is 3.68. The summed E-state index contributed by atoms with van der Waals surface area (Å²) in [6.07, 6.45) is -2.78. The minimum Gasteiger partial charge on any atom is -0.276 e. The number of hydrogen-bond donors (Lipinski definition) is 0. The van der Waals surface area contributed by atoms with E-state index < -0.39 is 17.2 Å². The van der Waals surface area contributed by atoms with Gasteiger partial charge >= 0.3 is 0 Å². The van der Waals surface area contributed by atoms with Crippen molar-refractivity contribution in [1.82, 2.24) is 4.98 Å². The molecule has 1 aromatic rings. The van der Waals surface area contributed by atoms with Crippen LogP contribution in [0.5, 0.6) is 0 Å². The Morgan fingerprint density at radius 2 is 2.21 bits per heavy atom. The molecule has 0 saturated carbocycles. The predicted octanol–water partition coefficient (Wildman–Crippen LogP) is 3.47. The molecule has 0 unspecified atom stereocenters. The minimum absolute atomic E-state index is 0.0449. The number of alkyl halides is 2. The van der Waals surface area contributed by atoms with Crippen molar-refractivity contribution in [3.05, 3.63) is 27.5 Å². The van der Waals surface area contributed by atoms with Gasteiger partial charge < -0.3 is 0 Å². The van der Waals surface area contributed by atoms with Crippen LogP contribution in [0.3, 0.4) is 0 Å². The minimum atomic E-state index is -2.78. The molecule has 0 bridgehead atoms. The van der Waals surface area contributed by atoms with Gasteiger partial charge in [0, 0.05) is 11.3 Å². The second-order valence-electron chi connectivity index (χ2n) is 2.59. The summed E-state index contributed by atoms with van der Waals surface area (Å²) in [5.41, 5.74) is -0.220. The monoisotopic (exact) mass is 283 g/mol. The Hall–Kier alpha value is -0.550. The van der Waals surface area contributed by atoms with E-state index in [2.05, 4.69) is 20.9 Å². The number of halogens is 4. The highest BCUT2D eigenvalue weighted by atomic mass is 79.9. The molecule has 6 heteroatoms. The number of nitrogens with zero attached hydrogens (tertiary/aromatic N) is 1. The van der Waals surface area contributed by atoms with Gasteiger partial charge in [-0.05, 0) is 40.5 Å². The fraction of sp³-hybridized carbons (Fsp3) is 0.250. The molecule has 0 aliphatic rings. The lowest BCUT2D eigenvalue weighted by Gasteiger charge is -2.07. The Morgan fingerprint density at radius 3 is 2.64 bits per heavy atom. The molecule has 0 radical (unpaired) electrons. The van der Waals surface area contributed by atoms with Crippen molar-refractivity contribution < 1.29 is 13.6 Å². The van der Waals surface area contributed by atoms with Crippen LogP contribution in [0.4, 0.5) is 8.78 Å². The topological polar surface area (TPSA) is 30.0 Å². The van der Waals surface area contributed by atoms with E-state index in [0.29, 0.717) is 5.69 Å². The number of pyridine rings is 1. The van der Waals surface area contributed by atoms with Crippen molar-refractivity contribution >= 4 is 32.8 Å². The molecule has 0 aromatic carbocycles. The number of rotatable bonds is 2. The summed E-state index contributed by atoms with van der Waals surface area (Å²) >= 11 is 8.04. The fourth-order valence-electron chi connectivity index (χ4n) is 1.02. The number of hydrogen-bond acceptors (Lipinski definition) is 2. The van der Waals surface area contributed by atoms with Crippen molar-refractivity contribution in [2.45, 2.75) is 13.3 Å². The average molecular weight is 284 g/mol. The zero-order valence-corrected chi connectivity index (χ0v) is 9.36. The largest absolute Gasteiger partial charge is 0.276 e. The summed E-state index contributed by atoms with van der Waals surface area (Å²) in [6.45, 7) is 1.59. The summed E-state index contributed by atoms with van der Waals surface area (Å²) in [7, 11) is 0. The molecule has 0 saturated heterocycles. The molecule has 1 heterocycles. The summed E-state index contributed by atoms with van der Waals surface area (Å²) in [5, 5.41) is -0.911. The first-order valence-electron chi connectivity index (χ1n) is 3.58. The Balaban J connectivity index is 3.44.